The van der Waals surface area contributed by atoms with E-state index in [1.807, 2.05) is 35.2 Å². The van der Waals surface area contributed by atoms with Gasteiger partial charge < -0.3 is 19.3 Å². The number of ether oxygens (including phenoxy) is 2. The summed E-state index contributed by atoms with van der Waals surface area (Å²) in [6.07, 6.45) is 2.03. The van der Waals surface area contributed by atoms with Crippen molar-refractivity contribution in [1.29, 1.82) is 0 Å². The Bertz CT molecular complexity index is 884. The van der Waals surface area contributed by atoms with Crippen LogP contribution in [0.25, 0.3) is 0 Å². The summed E-state index contributed by atoms with van der Waals surface area (Å²) in [5.41, 5.74) is 3.05. The molecule has 0 radical (unpaired) electrons. The molecule has 5 nitrogen and oxygen atoms in total. The van der Waals surface area contributed by atoms with Crippen LogP contribution in [0.2, 0.25) is 5.02 Å². The number of halogens is 1. The van der Waals surface area contributed by atoms with Gasteiger partial charge in [0.05, 0.1) is 24.7 Å². The minimum Gasteiger partial charge on any atom is -0.489 e. The Kier molecular flexibility index (Phi) is 5.47. The second kappa shape index (κ2) is 8.02. The van der Waals surface area contributed by atoms with E-state index in [0.29, 0.717) is 42.3 Å². The van der Waals surface area contributed by atoms with Gasteiger partial charge in [-0.15, -0.1) is 0 Å². The highest BCUT2D eigenvalue weighted by molar-refractivity contribution is 6.32. The lowest BCUT2D eigenvalue weighted by molar-refractivity contribution is -0.118. The molecule has 2 aromatic carbocycles. The van der Waals surface area contributed by atoms with E-state index in [1.165, 1.54) is 5.56 Å². The van der Waals surface area contributed by atoms with E-state index in [2.05, 4.69) is 25.1 Å². The molecule has 148 valence electrons. The van der Waals surface area contributed by atoms with Crippen LogP contribution in [0.15, 0.2) is 36.4 Å². The first-order valence-corrected chi connectivity index (χ1v) is 10.0. The van der Waals surface area contributed by atoms with Crippen LogP contribution >= 0.6 is 11.6 Å². The van der Waals surface area contributed by atoms with Crippen molar-refractivity contribution in [3.8, 4) is 11.5 Å². The van der Waals surface area contributed by atoms with Crippen LogP contribution in [-0.2, 0) is 17.6 Å². The smallest absolute Gasteiger partial charge is 0.231 e. The summed E-state index contributed by atoms with van der Waals surface area (Å²) in [5.74, 6) is 1.26. The molecule has 0 unspecified atom stereocenters. The fraction of sp³-hybridized carbons (Fsp3) is 0.409. The third kappa shape index (κ3) is 3.82. The number of rotatable bonds is 3. The molecule has 6 heteroatoms. The minimum absolute atomic E-state index is 0.0598. The van der Waals surface area contributed by atoms with Crippen LogP contribution in [0.3, 0.4) is 0 Å². The molecule has 0 saturated heterocycles. The predicted octanol–water partition coefficient (Wildman–Crippen LogP) is 3.56. The molecule has 0 N–H and O–H groups in total. The summed E-state index contributed by atoms with van der Waals surface area (Å²) in [5, 5.41) is 0.493. The summed E-state index contributed by atoms with van der Waals surface area (Å²) >= 11 is 6.40. The SMILES string of the molecule is CN(C)[C@H]1Cc2ccccc2N(C(=O)Cc2cc(Cl)c3c(c2)OCCCO3)C1. The third-order valence-corrected chi connectivity index (χ3v) is 5.66. The highest BCUT2D eigenvalue weighted by Crippen LogP contribution is 2.38. The average Bonchev–Trinajstić information content (AvgIpc) is 2.93. The molecular formula is C22H25ClN2O3. The van der Waals surface area contributed by atoms with Gasteiger partial charge in [0.25, 0.3) is 0 Å². The van der Waals surface area contributed by atoms with Gasteiger partial charge in [-0.1, -0.05) is 29.8 Å². The number of nitrogens with zero attached hydrogens (tertiary/aromatic N) is 2. The standard InChI is InChI=1S/C22H25ClN2O3/c1-24(2)17-13-16-6-3-4-7-19(16)25(14-17)21(26)12-15-10-18(23)22-20(11-15)27-8-5-9-28-22/h3-4,6-7,10-11,17H,5,8-9,12-14H2,1-2H3/t17-/m0/s1. The topological polar surface area (TPSA) is 42.0 Å². The fourth-order valence-electron chi connectivity index (χ4n) is 3.81. The van der Waals surface area contributed by atoms with Crippen molar-refractivity contribution in [1.82, 2.24) is 4.90 Å². The number of carbonyl (C=O) groups excluding carboxylic acids is 1. The molecule has 0 bridgehead atoms. The average molecular weight is 401 g/mol. The van der Waals surface area contributed by atoms with E-state index in [4.69, 9.17) is 21.1 Å². The van der Waals surface area contributed by atoms with Crippen molar-refractivity contribution < 1.29 is 14.3 Å². The zero-order valence-corrected chi connectivity index (χ0v) is 17.0. The quantitative estimate of drug-likeness (QED) is 0.790. The summed E-state index contributed by atoms with van der Waals surface area (Å²) < 4.78 is 11.4. The van der Waals surface area contributed by atoms with Gasteiger partial charge in [-0.05, 0) is 49.8 Å². The van der Waals surface area contributed by atoms with E-state index in [0.717, 1.165) is 24.1 Å². The van der Waals surface area contributed by atoms with Gasteiger partial charge in [0.1, 0.15) is 0 Å². The van der Waals surface area contributed by atoms with Crippen molar-refractivity contribution in [3.63, 3.8) is 0 Å². The zero-order chi connectivity index (χ0) is 19.7. The van der Waals surface area contributed by atoms with Gasteiger partial charge >= 0.3 is 0 Å². The minimum atomic E-state index is 0.0598. The number of benzene rings is 2. The van der Waals surface area contributed by atoms with E-state index >= 15 is 0 Å². The molecule has 2 aromatic rings. The molecule has 2 aliphatic rings. The molecule has 0 saturated carbocycles. The van der Waals surface area contributed by atoms with Crippen LogP contribution in [0.5, 0.6) is 11.5 Å². The number of hydrogen-bond donors (Lipinski definition) is 0. The molecule has 28 heavy (non-hydrogen) atoms. The maximum Gasteiger partial charge on any atom is 0.231 e. The Hall–Kier alpha value is -2.24. The lowest BCUT2D eigenvalue weighted by Crippen LogP contribution is -2.48. The lowest BCUT2D eigenvalue weighted by Gasteiger charge is -2.37. The highest BCUT2D eigenvalue weighted by Gasteiger charge is 2.29. The first-order valence-electron chi connectivity index (χ1n) is 9.65. The van der Waals surface area contributed by atoms with Crippen molar-refractivity contribution in [2.75, 3.05) is 38.8 Å². The number of hydrogen-bond acceptors (Lipinski definition) is 4. The van der Waals surface area contributed by atoms with Crippen LogP contribution in [0.1, 0.15) is 17.5 Å². The van der Waals surface area contributed by atoms with Crippen LogP contribution in [0, 0.1) is 0 Å². The first kappa shape index (κ1) is 19.1. The zero-order valence-electron chi connectivity index (χ0n) is 16.3. The summed E-state index contributed by atoms with van der Waals surface area (Å²) in [6.45, 7) is 1.85. The molecule has 0 spiro atoms. The van der Waals surface area contributed by atoms with E-state index in [-0.39, 0.29) is 12.3 Å². The van der Waals surface area contributed by atoms with Gasteiger partial charge in [0, 0.05) is 24.7 Å². The predicted molar refractivity (Wildman–Crippen MR) is 111 cm³/mol. The Morgan fingerprint density at radius 2 is 2.00 bits per heavy atom. The van der Waals surface area contributed by atoms with Gasteiger partial charge in [-0.25, -0.2) is 0 Å². The fourth-order valence-corrected chi connectivity index (χ4v) is 4.10. The molecule has 1 amide bonds. The summed E-state index contributed by atoms with van der Waals surface area (Å²) in [7, 11) is 4.12. The first-order chi connectivity index (χ1) is 13.5. The normalized spacial score (nSPS) is 18.6. The van der Waals surface area contributed by atoms with Gasteiger partial charge in [-0.2, -0.15) is 0 Å². The lowest BCUT2D eigenvalue weighted by atomic mass is 9.96. The molecule has 0 aromatic heterocycles. The monoisotopic (exact) mass is 400 g/mol. The van der Waals surface area contributed by atoms with Crippen molar-refractivity contribution in [2.45, 2.75) is 25.3 Å². The van der Waals surface area contributed by atoms with E-state index < -0.39 is 0 Å². The number of likely N-dealkylation sites (N-methyl/N-ethyl adjacent to an activating group) is 1. The molecule has 2 heterocycles. The Balaban J connectivity index is 1.60. The van der Waals surface area contributed by atoms with Crippen molar-refractivity contribution in [2.24, 2.45) is 0 Å². The highest BCUT2D eigenvalue weighted by atomic mass is 35.5. The number of carbonyl (C=O) groups is 1. The van der Waals surface area contributed by atoms with Gasteiger partial charge in [-0.3, -0.25) is 4.79 Å². The van der Waals surface area contributed by atoms with E-state index in [1.54, 1.807) is 0 Å². The Morgan fingerprint density at radius 3 is 2.82 bits per heavy atom. The Labute approximate surface area is 170 Å². The Morgan fingerprint density at radius 1 is 1.21 bits per heavy atom. The number of para-hydroxylation sites is 1. The van der Waals surface area contributed by atoms with E-state index in [9.17, 15) is 4.79 Å². The molecular weight excluding hydrogens is 376 g/mol. The van der Waals surface area contributed by atoms with Gasteiger partial charge in [0.15, 0.2) is 11.5 Å². The second-order valence-corrected chi connectivity index (χ2v) is 7.99. The second-order valence-electron chi connectivity index (χ2n) is 7.59. The molecule has 2 aliphatic heterocycles. The molecule has 0 fully saturated rings. The van der Waals surface area contributed by atoms with Crippen LogP contribution in [-0.4, -0.2) is 50.7 Å². The van der Waals surface area contributed by atoms with Crippen LogP contribution in [0.4, 0.5) is 5.69 Å². The van der Waals surface area contributed by atoms with Crippen molar-refractivity contribution in [3.05, 3.63) is 52.5 Å². The maximum absolute atomic E-state index is 13.2. The summed E-state index contributed by atoms with van der Waals surface area (Å²) in [6, 6.07) is 12.1. The largest absolute Gasteiger partial charge is 0.489 e. The summed E-state index contributed by atoms with van der Waals surface area (Å²) in [4.78, 5) is 17.3. The third-order valence-electron chi connectivity index (χ3n) is 5.38. The number of amides is 1. The number of fused-ring (bicyclic) bond motifs is 2. The van der Waals surface area contributed by atoms with Crippen molar-refractivity contribution >= 4 is 23.2 Å². The maximum atomic E-state index is 13.2. The molecule has 4 rings (SSSR count). The van der Waals surface area contributed by atoms with Crippen LogP contribution < -0.4 is 14.4 Å². The molecule has 1 atom stereocenters. The van der Waals surface area contributed by atoms with Gasteiger partial charge in [0.2, 0.25) is 5.91 Å². The molecule has 0 aliphatic carbocycles. The number of anilines is 1.